The lowest BCUT2D eigenvalue weighted by Gasteiger charge is -2.29. The van der Waals surface area contributed by atoms with Gasteiger partial charge < -0.3 is 15.0 Å². The number of benzene rings is 2. The number of amides is 1. The molecule has 4 nitrogen and oxygen atoms in total. The van der Waals surface area contributed by atoms with Gasteiger partial charge in [-0.1, -0.05) is 12.1 Å². The number of morpholine rings is 1. The highest BCUT2D eigenvalue weighted by molar-refractivity contribution is 6.04. The molecule has 0 aromatic heterocycles. The first-order valence-corrected chi connectivity index (χ1v) is 7.85. The molecule has 25 heavy (non-hydrogen) atoms. The van der Waals surface area contributed by atoms with Gasteiger partial charge >= 0.3 is 6.18 Å². The lowest BCUT2D eigenvalue weighted by molar-refractivity contribution is -0.137. The topological polar surface area (TPSA) is 41.6 Å². The van der Waals surface area contributed by atoms with E-state index < -0.39 is 17.6 Å². The predicted octanol–water partition coefficient (Wildman–Crippen LogP) is 3.79. The molecule has 1 saturated heterocycles. The van der Waals surface area contributed by atoms with Crippen LogP contribution in [0.25, 0.3) is 0 Å². The molecule has 1 aliphatic heterocycles. The smallest absolute Gasteiger partial charge is 0.378 e. The van der Waals surface area contributed by atoms with E-state index in [1.807, 2.05) is 6.07 Å². The molecule has 0 spiro atoms. The summed E-state index contributed by atoms with van der Waals surface area (Å²) in [5.41, 5.74) is 0.588. The number of carbonyl (C=O) groups is 1. The summed E-state index contributed by atoms with van der Waals surface area (Å²) in [6.07, 6.45) is -4.48. The molecule has 0 atom stereocenters. The first kappa shape index (κ1) is 17.3. The number of anilines is 2. The number of nitrogens with one attached hydrogen (secondary N) is 1. The molecule has 1 amide bonds. The third-order valence-corrected chi connectivity index (χ3v) is 3.93. The van der Waals surface area contributed by atoms with Gasteiger partial charge in [0.25, 0.3) is 5.91 Å². The van der Waals surface area contributed by atoms with E-state index in [1.54, 1.807) is 18.2 Å². The highest BCUT2D eigenvalue weighted by Gasteiger charge is 2.30. The lowest BCUT2D eigenvalue weighted by Crippen LogP contribution is -2.36. The quantitative estimate of drug-likeness (QED) is 0.916. The Morgan fingerprint density at radius 2 is 1.76 bits per heavy atom. The third kappa shape index (κ3) is 4.30. The molecule has 0 saturated carbocycles. The van der Waals surface area contributed by atoms with Crippen LogP contribution in [0.5, 0.6) is 0 Å². The SMILES string of the molecule is O=C(Nc1cccc(N2CCOCC2)c1)c1cccc(C(F)(F)F)c1. The number of ether oxygens (including phenoxy) is 1. The maximum absolute atomic E-state index is 12.8. The Morgan fingerprint density at radius 1 is 1.04 bits per heavy atom. The van der Waals surface area contributed by atoms with Crippen molar-refractivity contribution in [3.63, 3.8) is 0 Å². The largest absolute Gasteiger partial charge is 0.416 e. The van der Waals surface area contributed by atoms with E-state index in [1.165, 1.54) is 12.1 Å². The minimum absolute atomic E-state index is 0.0356. The molecule has 3 rings (SSSR count). The van der Waals surface area contributed by atoms with Crippen LogP contribution in [0, 0.1) is 0 Å². The predicted molar refractivity (Wildman–Crippen MR) is 88.9 cm³/mol. The van der Waals surface area contributed by atoms with Crippen LogP contribution in [0.3, 0.4) is 0 Å². The van der Waals surface area contributed by atoms with E-state index in [2.05, 4.69) is 10.2 Å². The van der Waals surface area contributed by atoms with E-state index in [0.29, 0.717) is 18.9 Å². The molecule has 2 aromatic rings. The monoisotopic (exact) mass is 350 g/mol. The Morgan fingerprint density at radius 3 is 2.48 bits per heavy atom. The van der Waals surface area contributed by atoms with Crippen molar-refractivity contribution in [1.82, 2.24) is 0 Å². The van der Waals surface area contributed by atoms with Crippen LogP contribution in [-0.4, -0.2) is 32.2 Å². The molecule has 2 aromatic carbocycles. The molecule has 0 bridgehead atoms. The van der Waals surface area contributed by atoms with Crippen molar-refractivity contribution in [3.8, 4) is 0 Å². The van der Waals surface area contributed by atoms with Gasteiger partial charge in [-0.05, 0) is 36.4 Å². The van der Waals surface area contributed by atoms with E-state index in [-0.39, 0.29) is 5.56 Å². The van der Waals surface area contributed by atoms with Gasteiger partial charge in [0.1, 0.15) is 0 Å². The summed E-state index contributed by atoms with van der Waals surface area (Å²) >= 11 is 0. The highest BCUT2D eigenvalue weighted by Crippen LogP contribution is 2.29. The molecular weight excluding hydrogens is 333 g/mol. The van der Waals surface area contributed by atoms with Crippen molar-refractivity contribution in [2.75, 3.05) is 36.5 Å². The van der Waals surface area contributed by atoms with E-state index in [4.69, 9.17) is 4.74 Å². The summed E-state index contributed by atoms with van der Waals surface area (Å²) in [5, 5.41) is 2.65. The summed E-state index contributed by atoms with van der Waals surface area (Å²) in [7, 11) is 0. The molecule has 0 aliphatic carbocycles. The van der Waals surface area contributed by atoms with Crippen LogP contribution in [0.15, 0.2) is 48.5 Å². The minimum Gasteiger partial charge on any atom is -0.378 e. The van der Waals surface area contributed by atoms with Crippen LogP contribution in [-0.2, 0) is 10.9 Å². The van der Waals surface area contributed by atoms with Gasteiger partial charge in [-0.3, -0.25) is 4.79 Å². The fraction of sp³-hybridized carbons (Fsp3) is 0.278. The van der Waals surface area contributed by atoms with Crippen molar-refractivity contribution >= 4 is 17.3 Å². The van der Waals surface area contributed by atoms with Gasteiger partial charge in [-0.25, -0.2) is 0 Å². The standard InChI is InChI=1S/C18H17F3N2O2/c19-18(20,21)14-4-1-3-13(11-14)17(24)22-15-5-2-6-16(12-15)23-7-9-25-10-8-23/h1-6,11-12H,7-10H2,(H,22,24). The molecule has 0 radical (unpaired) electrons. The Hall–Kier alpha value is -2.54. The second-order valence-electron chi connectivity index (χ2n) is 5.68. The summed E-state index contributed by atoms with van der Waals surface area (Å²) in [6.45, 7) is 2.79. The number of nitrogens with zero attached hydrogens (tertiary/aromatic N) is 1. The lowest BCUT2D eigenvalue weighted by atomic mass is 10.1. The number of carbonyl (C=O) groups excluding carboxylic acids is 1. The van der Waals surface area contributed by atoms with Gasteiger partial charge in [0.2, 0.25) is 0 Å². The van der Waals surface area contributed by atoms with Gasteiger partial charge in [0.05, 0.1) is 18.8 Å². The molecule has 7 heteroatoms. The second-order valence-corrected chi connectivity index (χ2v) is 5.68. The maximum atomic E-state index is 12.8. The van der Waals surface area contributed by atoms with Crippen molar-refractivity contribution in [2.45, 2.75) is 6.18 Å². The van der Waals surface area contributed by atoms with Crippen LogP contribution in [0.2, 0.25) is 0 Å². The first-order valence-electron chi connectivity index (χ1n) is 7.85. The zero-order valence-electron chi connectivity index (χ0n) is 13.3. The molecule has 0 unspecified atom stereocenters. The average molecular weight is 350 g/mol. The summed E-state index contributed by atoms with van der Waals surface area (Å²) in [6, 6.07) is 11.6. The summed E-state index contributed by atoms with van der Waals surface area (Å²) < 4.78 is 43.6. The van der Waals surface area contributed by atoms with Crippen LogP contribution < -0.4 is 10.2 Å². The second kappa shape index (κ2) is 7.14. The van der Waals surface area contributed by atoms with Crippen LogP contribution in [0.1, 0.15) is 15.9 Å². The highest BCUT2D eigenvalue weighted by atomic mass is 19.4. The number of alkyl halides is 3. The van der Waals surface area contributed by atoms with Crippen molar-refractivity contribution in [1.29, 1.82) is 0 Å². The number of hydrogen-bond donors (Lipinski definition) is 1. The van der Waals surface area contributed by atoms with Crippen molar-refractivity contribution < 1.29 is 22.7 Å². The normalized spacial score (nSPS) is 15.1. The fourth-order valence-electron chi connectivity index (χ4n) is 2.64. The van der Waals surface area contributed by atoms with E-state index in [9.17, 15) is 18.0 Å². The zero-order valence-corrected chi connectivity index (χ0v) is 13.3. The van der Waals surface area contributed by atoms with E-state index >= 15 is 0 Å². The Balaban J connectivity index is 1.75. The fourth-order valence-corrected chi connectivity index (χ4v) is 2.64. The summed E-state index contributed by atoms with van der Waals surface area (Å²) in [5.74, 6) is -0.578. The molecule has 1 heterocycles. The molecule has 132 valence electrons. The van der Waals surface area contributed by atoms with Gasteiger partial charge in [0.15, 0.2) is 0 Å². The molecule has 1 N–H and O–H groups in total. The molecular formula is C18H17F3N2O2. The van der Waals surface area contributed by atoms with Gasteiger partial charge in [0, 0.05) is 30.0 Å². The molecule has 1 fully saturated rings. The number of rotatable bonds is 3. The van der Waals surface area contributed by atoms with Gasteiger partial charge in [-0.2, -0.15) is 13.2 Å². The number of hydrogen-bond acceptors (Lipinski definition) is 3. The van der Waals surface area contributed by atoms with Crippen LogP contribution in [0.4, 0.5) is 24.5 Å². The van der Waals surface area contributed by atoms with Crippen molar-refractivity contribution in [2.24, 2.45) is 0 Å². The third-order valence-electron chi connectivity index (χ3n) is 3.93. The maximum Gasteiger partial charge on any atom is 0.416 e. The molecule has 1 aliphatic rings. The zero-order chi connectivity index (χ0) is 17.9. The van der Waals surface area contributed by atoms with Gasteiger partial charge in [-0.15, -0.1) is 0 Å². The average Bonchev–Trinajstić information content (AvgIpc) is 2.62. The Labute approximate surface area is 143 Å². The van der Waals surface area contributed by atoms with Crippen molar-refractivity contribution in [3.05, 3.63) is 59.7 Å². The van der Waals surface area contributed by atoms with Crippen LogP contribution >= 0.6 is 0 Å². The first-order chi connectivity index (χ1) is 11.9. The Bertz CT molecular complexity index is 756. The summed E-state index contributed by atoms with van der Waals surface area (Å²) in [4.78, 5) is 14.4. The van der Waals surface area contributed by atoms with E-state index in [0.717, 1.165) is 30.9 Å². The number of halogens is 3. The Kier molecular flexibility index (Phi) is 4.94. The minimum atomic E-state index is -4.48.